The van der Waals surface area contributed by atoms with Crippen molar-refractivity contribution in [2.24, 2.45) is 0 Å². The molecule has 0 fully saturated rings. The van der Waals surface area contributed by atoms with Gasteiger partial charge in [-0.3, -0.25) is 9.59 Å². The molecule has 17 heavy (non-hydrogen) atoms. The Kier molecular flexibility index (Phi) is 2.27. The Morgan fingerprint density at radius 1 is 0.941 bits per heavy atom. The van der Waals surface area contributed by atoms with Gasteiger partial charge in [-0.25, -0.2) is 0 Å². The molecule has 3 rings (SSSR count). The summed E-state index contributed by atoms with van der Waals surface area (Å²) < 4.78 is 0. The predicted octanol–water partition coefficient (Wildman–Crippen LogP) is 3.05. The number of benzene rings is 1. The normalized spacial score (nSPS) is 14.5. The lowest BCUT2D eigenvalue weighted by molar-refractivity contribution is -0.110. The third kappa shape index (κ3) is 1.56. The minimum atomic E-state index is -0.415. The number of carbonyl (C=O) groups is 2. The van der Waals surface area contributed by atoms with Crippen LogP contribution >= 0.6 is 11.3 Å². The van der Waals surface area contributed by atoms with Crippen molar-refractivity contribution in [3.8, 4) is 0 Å². The molecule has 2 nitrogen and oxygen atoms in total. The molecule has 0 amide bonds. The molecule has 2 aromatic rings. The predicted molar refractivity (Wildman–Crippen MR) is 68.0 cm³/mol. The number of fused-ring (bicyclic) bond motifs is 1. The lowest BCUT2D eigenvalue weighted by atomic mass is 9.88. The third-order valence-corrected chi connectivity index (χ3v) is 3.47. The fourth-order valence-electron chi connectivity index (χ4n) is 1.93. The number of rotatable bonds is 1. The van der Waals surface area contributed by atoms with Gasteiger partial charge < -0.3 is 0 Å². The first-order chi connectivity index (χ1) is 8.27. The van der Waals surface area contributed by atoms with E-state index >= 15 is 0 Å². The summed E-state index contributed by atoms with van der Waals surface area (Å²) in [4.78, 5) is 23.9. The van der Waals surface area contributed by atoms with Crippen LogP contribution in [0.5, 0.6) is 0 Å². The van der Waals surface area contributed by atoms with Crippen LogP contribution in [0.1, 0.15) is 21.5 Å². The number of hydrogen-bond acceptors (Lipinski definition) is 3. The van der Waals surface area contributed by atoms with Gasteiger partial charge in [0.2, 0.25) is 11.6 Å². The van der Waals surface area contributed by atoms with Crippen molar-refractivity contribution in [3.63, 3.8) is 0 Å². The SMILES string of the molecule is O=C1C(=O)c2ccccc2C=C1c1ccsc1. The van der Waals surface area contributed by atoms with Gasteiger partial charge in [-0.1, -0.05) is 24.3 Å². The fourth-order valence-corrected chi connectivity index (χ4v) is 2.58. The smallest absolute Gasteiger partial charge is 0.234 e. The van der Waals surface area contributed by atoms with Gasteiger partial charge in [0, 0.05) is 11.1 Å². The Bertz CT molecular complexity index is 636. The van der Waals surface area contributed by atoms with Gasteiger partial charge >= 0.3 is 0 Å². The van der Waals surface area contributed by atoms with Crippen LogP contribution in [0.15, 0.2) is 41.1 Å². The second-order valence-electron chi connectivity index (χ2n) is 3.82. The van der Waals surface area contributed by atoms with E-state index in [0.717, 1.165) is 11.1 Å². The van der Waals surface area contributed by atoms with Gasteiger partial charge in [-0.05, 0) is 34.0 Å². The molecule has 1 aromatic heterocycles. The highest BCUT2D eigenvalue weighted by molar-refractivity contribution is 7.08. The summed E-state index contributed by atoms with van der Waals surface area (Å²) in [5, 5.41) is 3.78. The van der Waals surface area contributed by atoms with Crippen LogP contribution < -0.4 is 0 Å². The molecule has 1 heterocycles. The molecule has 82 valence electrons. The number of ketones is 2. The molecular weight excluding hydrogens is 232 g/mol. The first kappa shape index (κ1) is 10.2. The van der Waals surface area contributed by atoms with Gasteiger partial charge in [-0.2, -0.15) is 11.3 Å². The fraction of sp³-hybridized carbons (Fsp3) is 0. The van der Waals surface area contributed by atoms with Gasteiger partial charge in [0.1, 0.15) is 0 Å². The molecule has 3 heteroatoms. The zero-order chi connectivity index (χ0) is 11.8. The molecule has 0 N–H and O–H groups in total. The van der Waals surface area contributed by atoms with E-state index in [1.54, 1.807) is 18.2 Å². The molecule has 1 aliphatic rings. The van der Waals surface area contributed by atoms with Crippen LogP contribution in [0.2, 0.25) is 0 Å². The molecule has 0 radical (unpaired) electrons. The summed E-state index contributed by atoms with van der Waals surface area (Å²) in [5.74, 6) is -0.827. The summed E-state index contributed by atoms with van der Waals surface area (Å²) >= 11 is 1.51. The van der Waals surface area contributed by atoms with E-state index in [2.05, 4.69) is 0 Å². The van der Waals surface area contributed by atoms with Crippen LogP contribution in [0.3, 0.4) is 0 Å². The summed E-state index contributed by atoms with van der Waals surface area (Å²) in [6.07, 6.45) is 1.79. The molecule has 0 atom stereocenters. The van der Waals surface area contributed by atoms with Gasteiger partial charge in [0.15, 0.2) is 0 Å². The maximum Gasteiger partial charge on any atom is 0.234 e. The van der Waals surface area contributed by atoms with Crippen molar-refractivity contribution in [1.82, 2.24) is 0 Å². The molecule has 0 saturated carbocycles. The number of Topliss-reactive ketones (excluding diaryl/α,β-unsaturated/α-hetero) is 2. The monoisotopic (exact) mass is 240 g/mol. The van der Waals surface area contributed by atoms with E-state index in [-0.39, 0.29) is 0 Å². The van der Waals surface area contributed by atoms with E-state index in [4.69, 9.17) is 0 Å². The first-order valence-corrected chi connectivity index (χ1v) is 6.14. The zero-order valence-electron chi connectivity index (χ0n) is 8.84. The second kappa shape index (κ2) is 3.79. The van der Waals surface area contributed by atoms with Crippen molar-refractivity contribution in [2.45, 2.75) is 0 Å². The standard InChI is InChI=1S/C14H8O2S/c15-13-11-4-2-1-3-9(11)7-12(14(13)16)10-5-6-17-8-10/h1-8H. The van der Waals surface area contributed by atoms with Crippen LogP contribution in [-0.2, 0) is 4.79 Å². The maximum atomic E-state index is 12.0. The Morgan fingerprint density at radius 3 is 2.53 bits per heavy atom. The van der Waals surface area contributed by atoms with Crippen LogP contribution in [0.25, 0.3) is 11.6 Å². The molecule has 0 aliphatic heterocycles. The van der Waals surface area contributed by atoms with E-state index in [1.165, 1.54) is 11.3 Å². The van der Waals surface area contributed by atoms with Crippen molar-refractivity contribution in [2.75, 3.05) is 0 Å². The summed E-state index contributed by atoms with van der Waals surface area (Å²) in [5.41, 5.74) is 2.63. The van der Waals surface area contributed by atoms with E-state index < -0.39 is 11.6 Å². The summed E-state index contributed by atoms with van der Waals surface area (Å²) in [6.45, 7) is 0. The van der Waals surface area contributed by atoms with E-state index in [1.807, 2.05) is 29.0 Å². The van der Waals surface area contributed by atoms with Crippen LogP contribution in [-0.4, -0.2) is 11.6 Å². The quantitative estimate of drug-likeness (QED) is 0.718. The lowest BCUT2D eigenvalue weighted by Crippen LogP contribution is -2.20. The van der Waals surface area contributed by atoms with Crippen LogP contribution in [0, 0.1) is 0 Å². The Labute approximate surface area is 102 Å². The Morgan fingerprint density at radius 2 is 1.76 bits per heavy atom. The zero-order valence-corrected chi connectivity index (χ0v) is 9.66. The Hall–Kier alpha value is -2.00. The first-order valence-electron chi connectivity index (χ1n) is 5.20. The minimum absolute atomic E-state index is 0.413. The van der Waals surface area contributed by atoms with Gasteiger partial charge in [0.05, 0.1) is 0 Å². The second-order valence-corrected chi connectivity index (χ2v) is 4.60. The lowest BCUT2D eigenvalue weighted by Gasteiger charge is -2.13. The largest absolute Gasteiger partial charge is 0.285 e. The molecule has 0 spiro atoms. The van der Waals surface area contributed by atoms with E-state index in [9.17, 15) is 9.59 Å². The summed E-state index contributed by atoms with van der Waals surface area (Å²) in [6, 6.07) is 9.04. The number of carbonyl (C=O) groups excluding carboxylic acids is 2. The molecule has 0 bridgehead atoms. The average Bonchev–Trinajstić information content (AvgIpc) is 2.87. The van der Waals surface area contributed by atoms with Gasteiger partial charge in [0.25, 0.3) is 0 Å². The maximum absolute atomic E-state index is 12.0. The van der Waals surface area contributed by atoms with Crippen molar-refractivity contribution < 1.29 is 9.59 Å². The van der Waals surface area contributed by atoms with E-state index in [0.29, 0.717) is 11.1 Å². The van der Waals surface area contributed by atoms with Gasteiger partial charge in [-0.15, -0.1) is 0 Å². The Balaban J connectivity index is 2.22. The van der Waals surface area contributed by atoms with Crippen LogP contribution in [0.4, 0.5) is 0 Å². The number of allylic oxidation sites excluding steroid dienone is 1. The number of hydrogen-bond donors (Lipinski definition) is 0. The highest BCUT2D eigenvalue weighted by Crippen LogP contribution is 2.28. The third-order valence-electron chi connectivity index (χ3n) is 2.79. The molecular formula is C14H8O2S. The molecule has 0 saturated heterocycles. The van der Waals surface area contributed by atoms with Crippen molar-refractivity contribution >= 4 is 34.6 Å². The molecule has 1 aromatic carbocycles. The highest BCUT2D eigenvalue weighted by atomic mass is 32.1. The highest BCUT2D eigenvalue weighted by Gasteiger charge is 2.27. The number of thiophene rings is 1. The topological polar surface area (TPSA) is 34.1 Å². The summed E-state index contributed by atoms with van der Waals surface area (Å²) in [7, 11) is 0. The molecule has 0 unspecified atom stereocenters. The minimum Gasteiger partial charge on any atom is -0.285 e. The van der Waals surface area contributed by atoms with Crippen molar-refractivity contribution in [3.05, 3.63) is 57.8 Å². The molecule has 1 aliphatic carbocycles. The average molecular weight is 240 g/mol. The van der Waals surface area contributed by atoms with Crippen molar-refractivity contribution in [1.29, 1.82) is 0 Å².